The summed E-state index contributed by atoms with van der Waals surface area (Å²) in [7, 11) is 0. The summed E-state index contributed by atoms with van der Waals surface area (Å²) in [5.74, 6) is 9.08. The Morgan fingerprint density at radius 1 is 1.29 bits per heavy atom. The van der Waals surface area contributed by atoms with Gasteiger partial charge in [-0.2, -0.15) is 0 Å². The molecule has 1 radical (unpaired) electrons. The maximum atomic E-state index is 9.71. The van der Waals surface area contributed by atoms with Gasteiger partial charge in [0.2, 0.25) is 0 Å². The molecule has 6 heteroatoms. The Labute approximate surface area is 83.5 Å². The quantitative estimate of drug-likeness (QED) is 0.128. The fourth-order valence-corrected chi connectivity index (χ4v) is 0.0417. The van der Waals surface area contributed by atoms with Crippen molar-refractivity contribution in [3.8, 4) is 0 Å². The number of rotatable bonds is 0. The summed E-state index contributed by atoms with van der Waals surface area (Å²) < 4.78 is 0. The fraction of sp³-hybridized carbons (Fsp3) is 0. The summed E-state index contributed by atoms with van der Waals surface area (Å²) in [5.41, 5.74) is 3.48. The van der Waals surface area contributed by atoms with Crippen LogP contribution in [0.5, 0.6) is 0 Å². The maximum Gasteiger partial charge on any atom is 0.343 e. The number of carbonyl (C=O) groups is 1. The van der Waals surface area contributed by atoms with E-state index in [0.717, 1.165) is 0 Å². The number of urea groups is 1. The molecule has 0 saturated heterocycles. The molecule has 2 amide bonds. The van der Waals surface area contributed by atoms with Gasteiger partial charge in [0.1, 0.15) is 0 Å². The normalized spacial score (nSPS) is 6.00. The molecule has 0 saturated carbocycles. The maximum absolute atomic E-state index is 9.71. The van der Waals surface area contributed by atoms with Crippen molar-refractivity contribution < 1.29 is 4.79 Å². The van der Waals surface area contributed by atoms with Crippen molar-refractivity contribution in [2.24, 2.45) is 11.7 Å². The number of hydrazine groups is 2. The van der Waals surface area contributed by atoms with E-state index in [1.165, 1.54) is 0 Å². The van der Waals surface area contributed by atoms with Crippen molar-refractivity contribution in [3.63, 3.8) is 0 Å². The summed E-state index contributed by atoms with van der Waals surface area (Å²) in [6.45, 7) is 0. The molecule has 7 heavy (non-hydrogen) atoms. The zero-order valence-electron chi connectivity index (χ0n) is 4.06. The summed E-state index contributed by atoms with van der Waals surface area (Å²) in [4.78, 5) is 9.71. The van der Waals surface area contributed by atoms with Crippen LogP contribution in [-0.4, -0.2) is 57.4 Å². The predicted molar refractivity (Wildman–Crippen MR) is 25.8 cm³/mol. The molecular formula is CH6KN4O. The minimum absolute atomic E-state index is 0. The largest absolute Gasteiger partial charge is 0.343 e. The number of carbonyl (C=O) groups excluding carboxylic acids is 1. The second kappa shape index (κ2) is 6.83. The van der Waals surface area contributed by atoms with Crippen molar-refractivity contribution in [2.45, 2.75) is 0 Å². The van der Waals surface area contributed by atoms with Gasteiger partial charge in [-0.05, 0) is 0 Å². The number of amides is 2. The SMILES string of the molecule is NNC(=O)NN.[K]. The van der Waals surface area contributed by atoms with Crippen LogP contribution < -0.4 is 22.5 Å². The minimum Gasteiger partial charge on any atom is -0.275 e. The average Bonchev–Trinajstić information content (AvgIpc) is 1.65. The number of hydrogen-bond donors (Lipinski definition) is 4. The summed E-state index contributed by atoms with van der Waals surface area (Å²) >= 11 is 0. The molecular weight excluding hydrogens is 123 g/mol. The Hall–Kier alpha value is 0.826. The third-order valence-electron chi connectivity index (χ3n) is 0.262. The fourth-order valence-electron chi connectivity index (χ4n) is 0.0417. The molecule has 0 spiro atoms. The van der Waals surface area contributed by atoms with E-state index in [1.807, 2.05) is 0 Å². The van der Waals surface area contributed by atoms with Gasteiger partial charge in [0.25, 0.3) is 0 Å². The molecule has 0 rings (SSSR count). The van der Waals surface area contributed by atoms with Crippen LogP contribution in [0.4, 0.5) is 4.79 Å². The van der Waals surface area contributed by atoms with Crippen LogP contribution in [0, 0.1) is 0 Å². The Bertz CT molecular complexity index is 49.7. The van der Waals surface area contributed by atoms with E-state index in [9.17, 15) is 4.79 Å². The molecule has 0 aliphatic rings. The van der Waals surface area contributed by atoms with Crippen LogP contribution in [0.2, 0.25) is 0 Å². The zero-order valence-corrected chi connectivity index (χ0v) is 7.19. The predicted octanol–water partition coefficient (Wildman–Crippen LogP) is -2.35. The summed E-state index contributed by atoms with van der Waals surface area (Å²) in [5, 5.41) is 0. The van der Waals surface area contributed by atoms with Crippen LogP contribution in [0.25, 0.3) is 0 Å². The first-order chi connectivity index (χ1) is 2.81. The average molecular weight is 129 g/mol. The molecule has 0 aliphatic heterocycles. The summed E-state index contributed by atoms with van der Waals surface area (Å²) in [6.07, 6.45) is 0. The topological polar surface area (TPSA) is 93.2 Å². The van der Waals surface area contributed by atoms with Crippen LogP contribution in [0.3, 0.4) is 0 Å². The van der Waals surface area contributed by atoms with Crippen molar-refractivity contribution in [3.05, 3.63) is 0 Å². The molecule has 37 valence electrons. The first kappa shape index (κ1) is 10.7. The number of nitrogens with two attached hydrogens (primary N) is 2. The summed E-state index contributed by atoms with van der Waals surface area (Å²) in [6, 6.07) is -0.602. The van der Waals surface area contributed by atoms with Gasteiger partial charge in [-0.15, -0.1) is 0 Å². The molecule has 0 aliphatic carbocycles. The van der Waals surface area contributed by atoms with Gasteiger partial charge in [-0.1, -0.05) is 0 Å². The Morgan fingerprint density at radius 3 is 1.57 bits per heavy atom. The molecule has 0 aromatic carbocycles. The molecule has 0 atom stereocenters. The Kier molecular flexibility index (Phi) is 10.5. The van der Waals surface area contributed by atoms with E-state index >= 15 is 0 Å². The second-order valence-corrected chi connectivity index (χ2v) is 0.618. The van der Waals surface area contributed by atoms with E-state index in [1.54, 1.807) is 10.9 Å². The monoisotopic (exact) mass is 129 g/mol. The van der Waals surface area contributed by atoms with Crippen LogP contribution >= 0.6 is 0 Å². The molecule has 0 heterocycles. The standard InChI is InChI=1S/CH6N4O.K/c2-4-1(6)5-3;/h2-3H2,(H2,4,5,6);. The van der Waals surface area contributed by atoms with Crippen molar-refractivity contribution in [2.75, 3.05) is 0 Å². The molecule has 6 N–H and O–H groups in total. The molecule has 0 aromatic rings. The first-order valence-corrected chi connectivity index (χ1v) is 1.28. The van der Waals surface area contributed by atoms with Crippen LogP contribution in [-0.2, 0) is 0 Å². The zero-order chi connectivity index (χ0) is 4.99. The van der Waals surface area contributed by atoms with Crippen molar-refractivity contribution in [1.82, 2.24) is 10.9 Å². The molecule has 0 bridgehead atoms. The molecule has 0 unspecified atom stereocenters. The third kappa shape index (κ3) is 6.83. The number of nitrogens with one attached hydrogen (secondary N) is 2. The van der Waals surface area contributed by atoms with E-state index in [-0.39, 0.29) is 51.4 Å². The van der Waals surface area contributed by atoms with Gasteiger partial charge in [0.05, 0.1) is 0 Å². The van der Waals surface area contributed by atoms with Gasteiger partial charge in [0.15, 0.2) is 0 Å². The Morgan fingerprint density at radius 2 is 1.57 bits per heavy atom. The Balaban J connectivity index is 0. The number of hydrogen-bond acceptors (Lipinski definition) is 3. The first-order valence-electron chi connectivity index (χ1n) is 1.28. The van der Waals surface area contributed by atoms with Crippen LogP contribution in [0.1, 0.15) is 0 Å². The van der Waals surface area contributed by atoms with Gasteiger partial charge in [-0.25, -0.2) is 16.5 Å². The third-order valence-corrected chi connectivity index (χ3v) is 0.262. The molecule has 0 fully saturated rings. The van der Waals surface area contributed by atoms with E-state index in [0.29, 0.717) is 0 Å². The van der Waals surface area contributed by atoms with Gasteiger partial charge in [0, 0.05) is 51.4 Å². The van der Waals surface area contributed by atoms with Crippen molar-refractivity contribution in [1.29, 1.82) is 0 Å². The second-order valence-electron chi connectivity index (χ2n) is 0.618. The van der Waals surface area contributed by atoms with Gasteiger partial charge in [-0.3, -0.25) is 10.9 Å². The van der Waals surface area contributed by atoms with Crippen molar-refractivity contribution >= 4 is 57.4 Å². The van der Waals surface area contributed by atoms with E-state index in [4.69, 9.17) is 0 Å². The van der Waals surface area contributed by atoms with E-state index < -0.39 is 6.03 Å². The molecule has 0 aromatic heterocycles. The molecule has 5 nitrogen and oxygen atoms in total. The van der Waals surface area contributed by atoms with Gasteiger partial charge < -0.3 is 0 Å². The minimum atomic E-state index is -0.602. The van der Waals surface area contributed by atoms with Crippen LogP contribution in [0.15, 0.2) is 0 Å². The van der Waals surface area contributed by atoms with E-state index in [2.05, 4.69) is 11.7 Å². The van der Waals surface area contributed by atoms with Gasteiger partial charge >= 0.3 is 6.03 Å². The smallest absolute Gasteiger partial charge is 0.275 e.